The van der Waals surface area contributed by atoms with Gasteiger partial charge in [0.05, 0.1) is 5.52 Å². The zero-order valence-corrected chi connectivity index (χ0v) is 11.6. The molecular weight excluding hydrogens is 258 g/mol. The van der Waals surface area contributed by atoms with Gasteiger partial charge in [-0.15, -0.1) is 0 Å². The lowest BCUT2D eigenvalue weighted by Crippen LogP contribution is -2.43. The summed E-state index contributed by atoms with van der Waals surface area (Å²) in [5, 5.41) is 1.89. The van der Waals surface area contributed by atoms with Gasteiger partial charge in [-0.2, -0.15) is 0 Å². The molecule has 0 amide bonds. The molecule has 1 fully saturated rings. The zero-order chi connectivity index (χ0) is 13.2. The van der Waals surface area contributed by atoms with E-state index < -0.39 is 0 Å². The number of hydrogen-bond donors (Lipinski definition) is 1. The molecule has 1 saturated carbocycles. The van der Waals surface area contributed by atoms with Crippen LogP contribution in [0, 0.1) is 0 Å². The number of aromatic nitrogens is 1. The summed E-state index contributed by atoms with van der Waals surface area (Å²) < 4.78 is 0. The van der Waals surface area contributed by atoms with Crippen molar-refractivity contribution in [1.29, 1.82) is 0 Å². The fourth-order valence-corrected chi connectivity index (χ4v) is 2.86. The first kappa shape index (κ1) is 12.7. The molecule has 0 spiro atoms. The van der Waals surface area contributed by atoms with Gasteiger partial charge in [-0.3, -0.25) is 4.98 Å². The van der Waals surface area contributed by atoms with Crippen molar-refractivity contribution >= 4 is 28.2 Å². The van der Waals surface area contributed by atoms with Crippen molar-refractivity contribution in [3.05, 3.63) is 35.5 Å². The van der Waals surface area contributed by atoms with Gasteiger partial charge in [-0.05, 0) is 43.5 Å². The van der Waals surface area contributed by atoms with Crippen LogP contribution in [-0.4, -0.2) is 24.1 Å². The third-order valence-corrected chi connectivity index (χ3v) is 4.11. The number of anilines is 1. The lowest BCUT2D eigenvalue weighted by Gasteiger charge is -2.39. The topological polar surface area (TPSA) is 42.1 Å². The van der Waals surface area contributed by atoms with E-state index in [4.69, 9.17) is 17.3 Å². The number of nitrogens with two attached hydrogens (primary N) is 1. The Hall–Kier alpha value is -1.32. The van der Waals surface area contributed by atoms with Crippen molar-refractivity contribution in [2.24, 2.45) is 5.73 Å². The first-order valence-corrected chi connectivity index (χ1v) is 7.18. The molecule has 0 aliphatic heterocycles. The van der Waals surface area contributed by atoms with Crippen LogP contribution in [0.5, 0.6) is 0 Å². The molecule has 1 aromatic heterocycles. The number of halogens is 1. The summed E-state index contributed by atoms with van der Waals surface area (Å²) in [5.74, 6) is 0. The fraction of sp³-hybridized carbons (Fsp3) is 0.400. The fourth-order valence-electron chi connectivity index (χ4n) is 2.69. The molecule has 0 radical (unpaired) electrons. The van der Waals surface area contributed by atoms with Gasteiger partial charge in [-0.25, -0.2) is 0 Å². The summed E-state index contributed by atoms with van der Waals surface area (Å²) in [7, 11) is 0. The minimum atomic E-state index is 0.629. The summed E-state index contributed by atoms with van der Waals surface area (Å²) in [4.78, 5) is 6.84. The number of fused-ring (bicyclic) bond motifs is 1. The second-order valence-corrected chi connectivity index (χ2v) is 5.49. The molecule has 3 rings (SSSR count). The standard InChI is InChI=1S/C15H18ClN3/c16-11-4-5-13-14(10-11)18-8-6-15(13)19(9-7-17)12-2-1-3-12/h4-6,8,10,12H,1-3,7,9,17H2. The van der Waals surface area contributed by atoms with E-state index >= 15 is 0 Å². The summed E-state index contributed by atoms with van der Waals surface area (Å²) in [6.07, 6.45) is 5.70. The van der Waals surface area contributed by atoms with Crippen LogP contribution < -0.4 is 10.6 Å². The van der Waals surface area contributed by atoms with E-state index in [2.05, 4.69) is 22.0 Å². The van der Waals surface area contributed by atoms with Crippen LogP contribution in [0.4, 0.5) is 5.69 Å². The normalized spacial score (nSPS) is 15.5. The highest BCUT2D eigenvalue weighted by Crippen LogP contribution is 2.33. The number of rotatable bonds is 4. The summed E-state index contributed by atoms with van der Waals surface area (Å²) >= 11 is 6.04. The average molecular weight is 276 g/mol. The first-order chi connectivity index (χ1) is 9.29. The molecule has 0 saturated heterocycles. The van der Waals surface area contributed by atoms with Crippen molar-refractivity contribution in [3.63, 3.8) is 0 Å². The van der Waals surface area contributed by atoms with Crippen molar-refractivity contribution < 1.29 is 0 Å². The van der Waals surface area contributed by atoms with E-state index in [1.54, 1.807) is 0 Å². The lowest BCUT2D eigenvalue weighted by molar-refractivity contribution is 0.388. The van der Waals surface area contributed by atoms with Gasteiger partial charge in [0, 0.05) is 41.4 Å². The van der Waals surface area contributed by atoms with Crippen molar-refractivity contribution in [1.82, 2.24) is 4.98 Å². The molecule has 1 aliphatic rings. The largest absolute Gasteiger partial charge is 0.367 e. The van der Waals surface area contributed by atoms with Gasteiger partial charge in [0.25, 0.3) is 0 Å². The van der Waals surface area contributed by atoms with Crippen LogP contribution in [0.2, 0.25) is 5.02 Å². The van der Waals surface area contributed by atoms with E-state index in [1.165, 1.54) is 24.9 Å². The smallest absolute Gasteiger partial charge is 0.0737 e. The number of pyridine rings is 1. The second kappa shape index (κ2) is 5.35. The van der Waals surface area contributed by atoms with E-state index in [0.717, 1.165) is 22.5 Å². The minimum Gasteiger partial charge on any atom is -0.367 e. The Bertz CT molecular complexity index is 581. The highest BCUT2D eigenvalue weighted by atomic mass is 35.5. The van der Waals surface area contributed by atoms with Crippen LogP contribution in [0.25, 0.3) is 10.9 Å². The van der Waals surface area contributed by atoms with E-state index in [0.29, 0.717) is 12.6 Å². The van der Waals surface area contributed by atoms with Gasteiger partial charge in [0.15, 0.2) is 0 Å². The second-order valence-electron chi connectivity index (χ2n) is 5.06. The van der Waals surface area contributed by atoms with E-state index in [-0.39, 0.29) is 0 Å². The summed E-state index contributed by atoms with van der Waals surface area (Å²) in [6, 6.07) is 8.62. The van der Waals surface area contributed by atoms with E-state index in [9.17, 15) is 0 Å². The van der Waals surface area contributed by atoms with Gasteiger partial charge in [0.2, 0.25) is 0 Å². The van der Waals surface area contributed by atoms with Crippen LogP contribution in [0.15, 0.2) is 30.5 Å². The van der Waals surface area contributed by atoms with Gasteiger partial charge in [-0.1, -0.05) is 11.6 Å². The molecule has 4 heteroatoms. The van der Waals surface area contributed by atoms with Gasteiger partial charge < -0.3 is 10.6 Å². The number of hydrogen-bond acceptors (Lipinski definition) is 3. The van der Waals surface area contributed by atoms with Crippen molar-refractivity contribution in [2.75, 3.05) is 18.0 Å². The zero-order valence-electron chi connectivity index (χ0n) is 10.8. The Kier molecular flexibility index (Phi) is 3.58. The highest BCUT2D eigenvalue weighted by Gasteiger charge is 2.25. The van der Waals surface area contributed by atoms with E-state index in [1.807, 2.05) is 18.3 Å². The quantitative estimate of drug-likeness (QED) is 0.932. The summed E-state index contributed by atoms with van der Waals surface area (Å²) in [6.45, 7) is 1.57. The molecule has 2 N–H and O–H groups in total. The van der Waals surface area contributed by atoms with Crippen LogP contribution in [0.3, 0.4) is 0 Å². The third-order valence-electron chi connectivity index (χ3n) is 3.88. The molecule has 100 valence electrons. The Morgan fingerprint density at radius 1 is 1.32 bits per heavy atom. The van der Waals surface area contributed by atoms with Crippen LogP contribution >= 0.6 is 11.6 Å². The Balaban J connectivity index is 2.06. The highest BCUT2D eigenvalue weighted by molar-refractivity contribution is 6.31. The molecule has 0 unspecified atom stereocenters. The summed E-state index contributed by atoms with van der Waals surface area (Å²) in [5.41, 5.74) is 7.96. The van der Waals surface area contributed by atoms with Gasteiger partial charge in [0.1, 0.15) is 0 Å². The molecule has 19 heavy (non-hydrogen) atoms. The molecule has 1 aliphatic carbocycles. The molecular formula is C15H18ClN3. The third kappa shape index (κ3) is 2.40. The number of nitrogens with zero attached hydrogens (tertiary/aromatic N) is 2. The molecule has 3 nitrogen and oxygen atoms in total. The minimum absolute atomic E-state index is 0.629. The molecule has 2 aromatic rings. The molecule has 1 aromatic carbocycles. The van der Waals surface area contributed by atoms with Gasteiger partial charge >= 0.3 is 0 Å². The molecule has 0 atom stereocenters. The average Bonchev–Trinajstić information content (AvgIpc) is 2.35. The predicted octanol–water partition coefficient (Wildman–Crippen LogP) is 3.21. The maximum atomic E-state index is 6.04. The number of benzene rings is 1. The maximum absolute atomic E-state index is 6.04. The Morgan fingerprint density at radius 2 is 2.16 bits per heavy atom. The Labute approximate surface area is 118 Å². The maximum Gasteiger partial charge on any atom is 0.0737 e. The Morgan fingerprint density at radius 3 is 2.84 bits per heavy atom. The van der Waals surface area contributed by atoms with Crippen molar-refractivity contribution in [3.8, 4) is 0 Å². The molecule has 0 bridgehead atoms. The van der Waals surface area contributed by atoms with Crippen LogP contribution in [-0.2, 0) is 0 Å². The monoisotopic (exact) mass is 275 g/mol. The van der Waals surface area contributed by atoms with Crippen LogP contribution in [0.1, 0.15) is 19.3 Å². The SMILES string of the molecule is NCCN(c1ccnc2cc(Cl)ccc12)C1CCC1. The first-order valence-electron chi connectivity index (χ1n) is 6.80. The molecule has 1 heterocycles. The van der Waals surface area contributed by atoms with Crippen molar-refractivity contribution in [2.45, 2.75) is 25.3 Å². The lowest BCUT2D eigenvalue weighted by atomic mass is 9.90. The predicted molar refractivity (Wildman–Crippen MR) is 80.8 cm³/mol.